The van der Waals surface area contributed by atoms with Crippen LogP contribution < -0.4 is 14.8 Å². The minimum atomic E-state index is -0.217. The highest BCUT2D eigenvalue weighted by Crippen LogP contribution is 2.17. The average molecular weight is 426 g/mol. The Morgan fingerprint density at radius 3 is 2.16 bits per heavy atom. The van der Waals surface area contributed by atoms with E-state index in [4.69, 9.17) is 9.47 Å². The molecule has 1 fully saturated rings. The van der Waals surface area contributed by atoms with E-state index in [1.165, 1.54) is 6.92 Å². The summed E-state index contributed by atoms with van der Waals surface area (Å²) in [6.07, 6.45) is 0. The van der Waals surface area contributed by atoms with Crippen molar-refractivity contribution in [2.75, 3.05) is 51.8 Å². The second-order valence-corrected chi connectivity index (χ2v) is 7.70. The first-order valence-electron chi connectivity index (χ1n) is 10.6. The van der Waals surface area contributed by atoms with Gasteiger partial charge in [-0.15, -0.1) is 0 Å². The Balaban J connectivity index is 1.38. The van der Waals surface area contributed by atoms with Crippen LogP contribution in [-0.4, -0.2) is 74.0 Å². The largest absolute Gasteiger partial charge is 0.497 e. The second kappa shape index (κ2) is 10.9. The van der Waals surface area contributed by atoms with Crippen LogP contribution in [-0.2, 0) is 4.79 Å². The first-order valence-corrected chi connectivity index (χ1v) is 10.6. The Hall–Kier alpha value is -2.90. The summed E-state index contributed by atoms with van der Waals surface area (Å²) in [7, 11) is 1.65. The van der Waals surface area contributed by atoms with Gasteiger partial charge in [0.1, 0.15) is 18.1 Å². The zero-order chi connectivity index (χ0) is 22.2. The lowest BCUT2D eigenvalue weighted by molar-refractivity contribution is -0.121. The third-order valence-corrected chi connectivity index (χ3v) is 5.63. The number of anilines is 1. The Labute approximate surface area is 183 Å². The third-order valence-electron chi connectivity index (χ3n) is 5.63. The maximum atomic E-state index is 12.6. The normalized spacial score (nSPS) is 15.8. The van der Waals surface area contributed by atoms with Gasteiger partial charge in [0.15, 0.2) is 5.78 Å². The number of nitrogens with one attached hydrogen (secondary N) is 1. The monoisotopic (exact) mass is 425 g/mol. The summed E-state index contributed by atoms with van der Waals surface area (Å²) in [6.45, 7) is 8.40. The summed E-state index contributed by atoms with van der Waals surface area (Å²) in [5, 5.41) is 2.94. The number of ether oxygens (including phenoxy) is 2. The average Bonchev–Trinajstić information content (AvgIpc) is 2.80. The minimum absolute atomic E-state index is 0.0125. The molecule has 2 aromatic carbocycles. The van der Waals surface area contributed by atoms with Crippen LogP contribution in [0.15, 0.2) is 48.5 Å². The zero-order valence-corrected chi connectivity index (χ0v) is 18.5. The Bertz CT molecular complexity index is 859. The fraction of sp³-hybridized carbons (Fsp3) is 0.417. The zero-order valence-electron chi connectivity index (χ0n) is 18.5. The van der Waals surface area contributed by atoms with Crippen LogP contribution in [0.3, 0.4) is 0 Å². The van der Waals surface area contributed by atoms with E-state index >= 15 is 0 Å². The molecule has 1 aliphatic rings. The third kappa shape index (κ3) is 6.54. The van der Waals surface area contributed by atoms with Crippen LogP contribution in [0.5, 0.6) is 11.5 Å². The molecule has 1 saturated heterocycles. The van der Waals surface area contributed by atoms with E-state index in [2.05, 4.69) is 15.1 Å². The topological polar surface area (TPSA) is 71.1 Å². The molecule has 7 nitrogen and oxygen atoms in total. The smallest absolute Gasteiger partial charge is 0.241 e. The standard InChI is InChI=1S/C24H31N3O4/c1-18(24(29)25-21-6-4-20(5-7-21)19(2)28)27-14-12-26(13-15-27)16-17-31-23-10-8-22(30-3)9-11-23/h4-11,18H,12-17H2,1-3H3,(H,25,29). The van der Waals surface area contributed by atoms with Gasteiger partial charge in [0.2, 0.25) is 5.91 Å². The van der Waals surface area contributed by atoms with Gasteiger partial charge in [-0.2, -0.15) is 0 Å². The molecule has 0 bridgehead atoms. The molecule has 1 heterocycles. The number of hydrogen-bond acceptors (Lipinski definition) is 6. The van der Waals surface area contributed by atoms with E-state index < -0.39 is 0 Å². The van der Waals surface area contributed by atoms with Crippen molar-refractivity contribution in [3.8, 4) is 11.5 Å². The molecule has 1 atom stereocenters. The number of Topliss-reactive ketones (excluding diaryl/α,β-unsaturated/α-hetero) is 1. The van der Waals surface area contributed by atoms with Gasteiger partial charge in [-0.25, -0.2) is 0 Å². The van der Waals surface area contributed by atoms with Gasteiger partial charge >= 0.3 is 0 Å². The fourth-order valence-electron chi connectivity index (χ4n) is 3.54. The Kier molecular flexibility index (Phi) is 8.03. The molecule has 0 saturated carbocycles. The van der Waals surface area contributed by atoms with Crippen molar-refractivity contribution in [2.45, 2.75) is 19.9 Å². The number of benzene rings is 2. The molecule has 1 aliphatic heterocycles. The minimum Gasteiger partial charge on any atom is -0.497 e. The molecule has 1 unspecified atom stereocenters. The first-order chi connectivity index (χ1) is 15.0. The van der Waals surface area contributed by atoms with Gasteiger partial charge in [0.25, 0.3) is 0 Å². The van der Waals surface area contributed by atoms with E-state index in [1.54, 1.807) is 31.4 Å². The number of carbonyl (C=O) groups is 2. The Morgan fingerprint density at radius 1 is 0.968 bits per heavy atom. The molecule has 0 spiro atoms. The van der Waals surface area contributed by atoms with Gasteiger partial charge in [-0.3, -0.25) is 19.4 Å². The van der Waals surface area contributed by atoms with E-state index in [0.29, 0.717) is 17.9 Å². The van der Waals surface area contributed by atoms with Crippen molar-refractivity contribution in [3.63, 3.8) is 0 Å². The maximum Gasteiger partial charge on any atom is 0.241 e. The lowest BCUT2D eigenvalue weighted by Crippen LogP contribution is -2.53. The van der Waals surface area contributed by atoms with E-state index in [9.17, 15) is 9.59 Å². The lowest BCUT2D eigenvalue weighted by Gasteiger charge is -2.37. The van der Waals surface area contributed by atoms with Gasteiger partial charge in [-0.05, 0) is 62.4 Å². The molecule has 0 radical (unpaired) electrons. The van der Waals surface area contributed by atoms with Gasteiger partial charge < -0.3 is 14.8 Å². The van der Waals surface area contributed by atoms with Gasteiger partial charge in [-0.1, -0.05) is 0 Å². The summed E-state index contributed by atoms with van der Waals surface area (Å²) >= 11 is 0. The van der Waals surface area contributed by atoms with E-state index in [1.807, 2.05) is 31.2 Å². The summed E-state index contributed by atoms with van der Waals surface area (Å²) in [5.41, 5.74) is 1.34. The van der Waals surface area contributed by atoms with Crippen molar-refractivity contribution < 1.29 is 19.1 Å². The highest BCUT2D eigenvalue weighted by Gasteiger charge is 2.25. The second-order valence-electron chi connectivity index (χ2n) is 7.70. The SMILES string of the molecule is COc1ccc(OCCN2CCN(C(C)C(=O)Nc3ccc(C(C)=O)cc3)CC2)cc1. The fourth-order valence-corrected chi connectivity index (χ4v) is 3.54. The van der Waals surface area contributed by atoms with Crippen LogP contribution in [0.25, 0.3) is 0 Å². The molecular weight excluding hydrogens is 394 g/mol. The van der Waals surface area contributed by atoms with Crippen molar-refractivity contribution in [3.05, 3.63) is 54.1 Å². The lowest BCUT2D eigenvalue weighted by atomic mass is 10.1. The number of piperazine rings is 1. The van der Waals surface area contributed by atoms with Crippen LogP contribution >= 0.6 is 0 Å². The van der Waals surface area contributed by atoms with Gasteiger partial charge in [0, 0.05) is 44.0 Å². The highest BCUT2D eigenvalue weighted by atomic mass is 16.5. The van der Waals surface area contributed by atoms with Crippen molar-refractivity contribution in [2.24, 2.45) is 0 Å². The summed E-state index contributed by atoms with van der Waals surface area (Å²) in [6, 6.07) is 14.4. The summed E-state index contributed by atoms with van der Waals surface area (Å²) in [5.74, 6) is 1.63. The molecule has 31 heavy (non-hydrogen) atoms. The van der Waals surface area contributed by atoms with Crippen LogP contribution in [0.4, 0.5) is 5.69 Å². The predicted molar refractivity (Wildman–Crippen MR) is 121 cm³/mol. The molecule has 1 N–H and O–H groups in total. The number of methoxy groups -OCH3 is 1. The number of carbonyl (C=O) groups excluding carboxylic acids is 2. The summed E-state index contributed by atoms with van der Waals surface area (Å²) < 4.78 is 11.0. The quantitative estimate of drug-likeness (QED) is 0.623. The van der Waals surface area contributed by atoms with Crippen molar-refractivity contribution >= 4 is 17.4 Å². The predicted octanol–water partition coefficient (Wildman–Crippen LogP) is 2.92. The van der Waals surface area contributed by atoms with Crippen LogP contribution in [0, 0.1) is 0 Å². The number of amides is 1. The molecular formula is C24H31N3O4. The van der Waals surface area contributed by atoms with Crippen molar-refractivity contribution in [1.29, 1.82) is 0 Å². The van der Waals surface area contributed by atoms with E-state index in [0.717, 1.165) is 44.2 Å². The Morgan fingerprint density at radius 2 is 1.58 bits per heavy atom. The number of hydrogen-bond donors (Lipinski definition) is 1. The van der Waals surface area contributed by atoms with Gasteiger partial charge in [0.05, 0.1) is 13.2 Å². The van der Waals surface area contributed by atoms with Crippen LogP contribution in [0.2, 0.25) is 0 Å². The molecule has 3 rings (SSSR count). The molecule has 0 aliphatic carbocycles. The molecule has 166 valence electrons. The molecule has 7 heteroatoms. The number of ketones is 1. The van der Waals surface area contributed by atoms with E-state index in [-0.39, 0.29) is 17.7 Å². The van der Waals surface area contributed by atoms with Crippen LogP contribution in [0.1, 0.15) is 24.2 Å². The summed E-state index contributed by atoms with van der Waals surface area (Å²) in [4.78, 5) is 28.5. The molecule has 2 aromatic rings. The maximum absolute atomic E-state index is 12.6. The molecule has 1 amide bonds. The molecule has 0 aromatic heterocycles. The first kappa shape index (κ1) is 22.8. The number of rotatable bonds is 9. The number of nitrogens with zero attached hydrogens (tertiary/aromatic N) is 2. The van der Waals surface area contributed by atoms with Crippen molar-refractivity contribution in [1.82, 2.24) is 9.80 Å². The highest BCUT2D eigenvalue weighted by molar-refractivity contribution is 5.96.